The summed E-state index contributed by atoms with van der Waals surface area (Å²) in [4.78, 5) is 20.0. The Morgan fingerprint density at radius 2 is 2.10 bits per heavy atom. The lowest BCUT2D eigenvalue weighted by Crippen LogP contribution is -2.43. The second-order valence-electron chi connectivity index (χ2n) is 8.34. The van der Waals surface area contributed by atoms with Crippen molar-refractivity contribution in [1.29, 1.82) is 0 Å². The van der Waals surface area contributed by atoms with Gasteiger partial charge in [0.2, 0.25) is 4.96 Å². The Morgan fingerprint density at radius 1 is 1.30 bits per heavy atom. The van der Waals surface area contributed by atoms with Gasteiger partial charge in [-0.05, 0) is 37.3 Å². The van der Waals surface area contributed by atoms with Gasteiger partial charge in [0.05, 0.1) is 5.69 Å². The van der Waals surface area contributed by atoms with Gasteiger partial charge in [0, 0.05) is 35.8 Å². The molecule has 0 radical (unpaired) electrons. The molecule has 0 bridgehead atoms. The number of halogens is 2. The summed E-state index contributed by atoms with van der Waals surface area (Å²) >= 11 is 7.74. The smallest absolute Gasteiger partial charge is 0.275 e. The Labute approximate surface area is 184 Å². The first kappa shape index (κ1) is 21.4. The zero-order valence-corrected chi connectivity index (χ0v) is 19.0. The number of aromatic nitrogens is 3. The molecule has 8 heteroatoms. The first-order chi connectivity index (χ1) is 14.3. The van der Waals surface area contributed by atoms with E-state index in [2.05, 4.69) is 28.8 Å². The van der Waals surface area contributed by atoms with Crippen molar-refractivity contribution < 1.29 is 4.39 Å². The van der Waals surface area contributed by atoms with E-state index in [9.17, 15) is 9.18 Å². The molecule has 0 aliphatic heterocycles. The molecule has 3 atom stereocenters. The summed E-state index contributed by atoms with van der Waals surface area (Å²) in [5, 5.41) is 5.44. The van der Waals surface area contributed by atoms with E-state index in [0.717, 1.165) is 17.8 Å². The second-order valence-corrected chi connectivity index (χ2v) is 9.91. The standard InChI is InChI=1S/C22H26ClFN4OS/c1-13-6-4-9-20(14(13)2)27(12-17-18(23)7-5-8-19(17)24)11-16-10-21(29)28-22(25-16)30-15(3)26-28/h5,7-8,10,13-14,20H,4,6,9,11-12H2,1-3H3/t13-,14-,20+/m0/s1. The van der Waals surface area contributed by atoms with Crippen molar-refractivity contribution in [1.82, 2.24) is 19.5 Å². The van der Waals surface area contributed by atoms with Crippen molar-refractivity contribution >= 4 is 27.9 Å². The highest BCUT2D eigenvalue weighted by Crippen LogP contribution is 2.35. The summed E-state index contributed by atoms with van der Waals surface area (Å²) in [5.74, 6) is 0.748. The minimum absolute atomic E-state index is 0.187. The highest BCUT2D eigenvalue weighted by atomic mass is 35.5. The fourth-order valence-corrected chi connectivity index (χ4v) is 5.48. The van der Waals surface area contributed by atoms with Gasteiger partial charge in [0.15, 0.2) is 0 Å². The van der Waals surface area contributed by atoms with Crippen LogP contribution in [0.2, 0.25) is 5.02 Å². The summed E-state index contributed by atoms with van der Waals surface area (Å²) in [5.41, 5.74) is 0.992. The molecular weight excluding hydrogens is 423 g/mol. The van der Waals surface area contributed by atoms with Crippen LogP contribution in [0.5, 0.6) is 0 Å². The van der Waals surface area contributed by atoms with E-state index in [1.165, 1.54) is 28.3 Å². The molecule has 1 fully saturated rings. The fourth-order valence-electron chi connectivity index (χ4n) is 4.49. The third-order valence-corrected chi connectivity index (χ3v) is 7.50. The van der Waals surface area contributed by atoms with Gasteiger partial charge in [0.1, 0.15) is 10.8 Å². The Bertz CT molecular complexity index is 1090. The van der Waals surface area contributed by atoms with Crippen molar-refractivity contribution in [2.24, 2.45) is 11.8 Å². The number of fused-ring (bicyclic) bond motifs is 1. The third-order valence-electron chi connectivity index (χ3n) is 6.32. The van der Waals surface area contributed by atoms with Crippen LogP contribution in [0.3, 0.4) is 0 Å². The topological polar surface area (TPSA) is 50.5 Å². The van der Waals surface area contributed by atoms with E-state index in [0.29, 0.717) is 46.2 Å². The molecule has 0 unspecified atom stereocenters. The van der Waals surface area contributed by atoms with Crippen LogP contribution in [0, 0.1) is 24.6 Å². The number of nitrogens with zero attached hydrogens (tertiary/aromatic N) is 4. The lowest BCUT2D eigenvalue weighted by Gasteiger charge is -2.41. The number of hydrogen-bond acceptors (Lipinski definition) is 5. The molecule has 0 N–H and O–H groups in total. The van der Waals surface area contributed by atoms with Gasteiger partial charge < -0.3 is 0 Å². The number of aryl methyl sites for hydroxylation is 1. The van der Waals surface area contributed by atoms with Gasteiger partial charge in [0.25, 0.3) is 5.56 Å². The molecule has 0 amide bonds. The predicted molar refractivity (Wildman–Crippen MR) is 118 cm³/mol. The number of benzene rings is 1. The average Bonchev–Trinajstić information content (AvgIpc) is 3.07. The Morgan fingerprint density at radius 3 is 2.87 bits per heavy atom. The highest BCUT2D eigenvalue weighted by molar-refractivity contribution is 7.16. The van der Waals surface area contributed by atoms with E-state index in [1.807, 2.05) is 6.92 Å². The number of rotatable bonds is 5. The van der Waals surface area contributed by atoms with Gasteiger partial charge in [-0.2, -0.15) is 9.61 Å². The van der Waals surface area contributed by atoms with E-state index in [-0.39, 0.29) is 17.4 Å². The van der Waals surface area contributed by atoms with Gasteiger partial charge in [-0.1, -0.05) is 55.7 Å². The predicted octanol–water partition coefficient (Wildman–Crippen LogP) is 5.08. The van der Waals surface area contributed by atoms with Crippen molar-refractivity contribution in [3.8, 4) is 0 Å². The normalized spacial score (nSPS) is 22.1. The summed E-state index contributed by atoms with van der Waals surface area (Å²) in [6, 6.07) is 6.61. The van der Waals surface area contributed by atoms with Crippen molar-refractivity contribution in [3.63, 3.8) is 0 Å². The van der Waals surface area contributed by atoms with Gasteiger partial charge in [-0.3, -0.25) is 9.69 Å². The minimum atomic E-state index is -0.300. The molecule has 1 aliphatic carbocycles. The zero-order chi connectivity index (χ0) is 21.4. The zero-order valence-electron chi connectivity index (χ0n) is 17.4. The molecule has 1 saturated carbocycles. The monoisotopic (exact) mass is 448 g/mol. The van der Waals surface area contributed by atoms with Gasteiger partial charge in [-0.25, -0.2) is 9.37 Å². The van der Waals surface area contributed by atoms with Crippen LogP contribution in [0.15, 0.2) is 29.1 Å². The maximum absolute atomic E-state index is 14.6. The Kier molecular flexibility index (Phi) is 6.23. The second kappa shape index (κ2) is 8.73. The van der Waals surface area contributed by atoms with Crippen LogP contribution in [0.25, 0.3) is 4.96 Å². The first-order valence-electron chi connectivity index (χ1n) is 10.4. The summed E-state index contributed by atoms with van der Waals surface area (Å²) in [6.07, 6.45) is 3.39. The van der Waals surface area contributed by atoms with E-state index >= 15 is 0 Å². The van der Waals surface area contributed by atoms with Crippen molar-refractivity contribution in [3.05, 3.63) is 61.7 Å². The molecule has 0 spiro atoms. The van der Waals surface area contributed by atoms with Crippen molar-refractivity contribution in [2.75, 3.05) is 0 Å². The van der Waals surface area contributed by atoms with Crippen molar-refractivity contribution in [2.45, 2.75) is 59.2 Å². The molecular formula is C22H26ClFN4OS. The molecule has 30 heavy (non-hydrogen) atoms. The van der Waals surface area contributed by atoms with Gasteiger partial charge in [-0.15, -0.1) is 0 Å². The van der Waals surface area contributed by atoms with Crippen LogP contribution in [-0.4, -0.2) is 25.5 Å². The molecule has 2 aromatic heterocycles. The van der Waals surface area contributed by atoms with Crippen LogP contribution in [0.4, 0.5) is 4.39 Å². The van der Waals surface area contributed by atoms with E-state index in [4.69, 9.17) is 11.6 Å². The average molecular weight is 449 g/mol. The quantitative estimate of drug-likeness (QED) is 0.546. The Hall–Kier alpha value is -1.83. The molecule has 0 saturated heterocycles. The van der Waals surface area contributed by atoms with Gasteiger partial charge >= 0.3 is 0 Å². The van der Waals surface area contributed by atoms with Crippen LogP contribution >= 0.6 is 22.9 Å². The first-order valence-corrected chi connectivity index (χ1v) is 11.6. The molecule has 160 valence electrons. The molecule has 1 aromatic carbocycles. The van der Waals surface area contributed by atoms with E-state index < -0.39 is 0 Å². The summed E-state index contributed by atoms with van der Waals surface area (Å²) < 4.78 is 15.9. The van der Waals surface area contributed by atoms with Crippen LogP contribution in [0.1, 0.15) is 49.4 Å². The van der Waals surface area contributed by atoms with E-state index in [1.54, 1.807) is 18.2 Å². The molecule has 5 nitrogen and oxygen atoms in total. The molecule has 2 heterocycles. The third kappa shape index (κ3) is 4.29. The maximum atomic E-state index is 14.6. The summed E-state index contributed by atoms with van der Waals surface area (Å²) in [6.45, 7) is 7.26. The molecule has 4 rings (SSSR count). The Balaban J connectivity index is 1.70. The summed E-state index contributed by atoms with van der Waals surface area (Å²) in [7, 11) is 0. The SMILES string of the molecule is Cc1nn2c(=O)cc(CN(Cc3c(F)cccc3Cl)[C@@H]3CCC[C@H](C)[C@@H]3C)nc2s1. The minimum Gasteiger partial charge on any atom is -0.290 e. The largest absolute Gasteiger partial charge is 0.290 e. The lowest BCUT2D eigenvalue weighted by atomic mass is 9.77. The number of hydrogen-bond donors (Lipinski definition) is 0. The maximum Gasteiger partial charge on any atom is 0.275 e. The molecule has 1 aliphatic rings. The molecule has 3 aromatic rings. The van der Waals surface area contributed by atoms with Crippen LogP contribution < -0.4 is 5.56 Å². The van der Waals surface area contributed by atoms with Crippen LogP contribution in [-0.2, 0) is 13.1 Å². The fraction of sp³-hybridized carbons (Fsp3) is 0.500. The highest BCUT2D eigenvalue weighted by Gasteiger charge is 2.32. The lowest BCUT2D eigenvalue weighted by molar-refractivity contribution is 0.0668.